The highest BCUT2D eigenvalue weighted by Crippen LogP contribution is 2.18. The molecule has 0 spiro atoms. The quantitative estimate of drug-likeness (QED) is 0.701. The van der Waals surface area contributed by atoms with E-state index >= 15 is 0 Å². The monoisotopic (exact) mass is 379 g/mol. The third-order valence-electron chi connectivity index (χ3n) is 5.43. The Hall–Kier alpha value is -2.96. The number of carbonyl (C=O) groups is 1. The molecule has 0 unspecified atom stereocenters. The van der Waals surface area contributed by atoms with Crippen LogP contribution in [0.15, 0.2) is 35.5 Å². The molecule has 0 saturated carbocycles. The maximum absolute atomic E-state index is 12.9. The summed E-state index contributed by atoms with van der Waals surface area (Å²) in [6.45, 7) is 6.89. The number of aromatic nitrogens is 4. The van der Waals surface area contributed by atoms with Crippen LogP contribution < -0.4 is 5.56 Å². The number of benzene rings is 1. The summed E-state index contributed by atoms with van der Waals surface area (Å²) in [7, 11) is 0. The lowest BCUT2D eigenvalue weighted by molar-refractivity contribution is -0.135. The van der Waals surface area contributed by atoms with Crippen LogP contribution in [-0.2, 0) is 11.3 Å². The molecule has 146 valence electrons. The number of nitrogens with zero attached hydrogens (tertiary/aromatic N) is 5. The summed E-state index contributed by atoms with van der Waals surface area (Å²) < 4.78 is 3.06. The van der Waals surface area contributed by atoms with E-state index in [4.69, 9.17) is 0 Å². The van der Waals surface area contributed by atoms with Crippen LogP contribution in [0, 0.1) is 13.8 Å². The number of amides is 1. The first-order chi connectivity index (χ1) is 13.4. The van der Waals surface area contributed by atoms with Crippen molar-refractivity contribution in [2.24, 2.45) is 0 Å². The smallest absolute Gasteiger partial charge is 0.264 e. The van der Waals surface area contributed by atoms with Crippen molar-refractivity contribution in [2.75, 3.05) is 6.54 Å². The summed E-state index contributed by atoms with van der Waals surface area (Å²) in [4.78, 5) is 31.9. The molecule has 0 N–H and O–H groups in total. The fourth-order valence-electron chi connectivity index (χ4n) is 4.03. The Morgan fingerprint density at radius 2 is 1.93 bits per heavy atom. The van der Waals surface area contributed by atoms with Crippen molar-refractivity contribution < 1.29 is 4.79 Å². The fraction of sp³-hybridized carbons (Fsp3) is 0.429. The second-order valence-corrected chi connectivity index (χ2v) is 7.75. The molecule has 1 aliphatic rings. The Bertz CT molecular complexity index is 1080. The van der Waals surface area contributed by atoms with Crippen LogP contribution in [-0.4, -0.2) is 42.7 Å². The van der Waals surface area contributed by atoms with Gasteiger partial charge in [-0.1, -0.05) is 6.07 Å². The highest BCUT2D eigenvalue weighted by Gasteiger charge is 2.24. The van der Waals surface area contributed by atoms with Gasteiger partial charge in [-0.05, 0) is 63.3 Å². The Labute approximate surface area is 163 Å². The summed E-state index contributed by atoms with van der Waals surface area (Å²) in [5.74, 6) is -0.0304. The number of piperidine rings is 1. The van der Waals surface area contributed by atoms with Crippen molar-refractivity contribution in [1.29, 1.82) is 0 Å². The molecule has 7 heteroatoms. The molecule has 1 aromatic carbocycles. The normalized spacial score (nSPS) is 17.2. The molecule has 1 fully saturated rings. The van der Waals surface area contributed by atoms with Gasteiger partial charge in [-0.15, -0.1) is 0 Å². The minimum atomic E-state index is -0.237. The van der Waals surface area contributed by atoms with E-state index in [-0.39, 0.29) is 24.1 Å². The molecule has 7 nitrogen and oxygen atoms in total. The molecule has 1 atom stereocenters. The predicted molar refractivity (Wildman–Crippen MR) is 108 cm³/mol. The lowest BCUT2D eigenvalue weighted by atomic mass is 10.0. The van der Waals surface area contributed by atoms with E-state index in [1.165, 1.54) is 17.1 Å². The van der Waals surface area contributed by atoms with E-state index in [1.807, 2.05) is 30.9 Å². The first kappa shape index (κ1) is 18.4. The summed E-state index contributed by atoms with van der Waals surface area (Å²) in [5, 5.41) is 4.79. The minimum absolute atomic E-state index is 0.0147. The number of likely N-dealkylation sites (tertiary alicyclic amines) is 1. The van der Waals surface area contributed by atoms with Gasteiger partial charge < -0.3 is 4.90 Å². The van der Waals surface area contributed by atoms with Crippen LogP contribution in [0.1, 0.15) is 37.3 Å². The number of carbonyl (C=O) groups excluding carboxylic acids is 1. The lowest BCUT2D eigenvalue weighted by Crippen LogP contribution is -2.44. The number of hydrogen-bond donors (Lipinski definition) is 0. The SMILES string of the molecule is Cc1cc(C)cc(-n2ncc3c(=O)n(CC(=O)N4CCCC[C@H]4C)cnc32)c1. The molecular formula is C21H25N5O2. The Morgan fingerprint density at radius 1 is 1.18 bits per heavy atom. The first-order valence-corrected chi connectivity index (χ1v) is 9.75. The highest BCUT2D eigenvalue weighted by atomic mass is 16.2. The zero-order valence-electron chi connectivity index (χ0n) is 16.6. The second kappa shape index (κ2) is 7.22. The summed E-state index contributed by atoms with van der Waals surface area (Å²) >= 11 is 0. The maximum Gasteiger partial charge on any atom is 0.264 e. The van der Waals surface area contributed by atoms with Gasteiger partial charge in [0.05, 0.1) is 11.9 Å². The highest BCUT2D eigenvalue weighted by molar-refractivity contribution is 5.78. The molecule has 0 bridgehead atoms. The molecule has 28 heavy (non-hydrogen) atoms. The van der Waals surface area contributed by atoms with Gasteiger partial charge in [-0.25, -0.2) is 9.67 Å². The number of aryl methyl sites for hydroxylation is 2. The van der Waals surface area contributed by atoms with Crippen LogP contribution in [0.3, 0.4) is 0 Å². The molecular weight excluding hydrogens is 354 g/mol. The molecule has 1 amide bonds. The summed E-state index contributed by atoms with van der Waals surface area (Å²) in [6.07, 6.45) is 6.17. The van der Waals surface area contributed by atoms with Gasteiger partial charge in [0, 0.05) is 12.6 Å². The molecule has 3 heterocycles. The lowest BCUT2D eigenvalue weighted by Gasteiger charge is -2.33. The number of hydrogen-bond acceptors (Lipinski definition) is 4. The van der Waals surface area contributed by atoms with Gasteiger partial charge in [0.25, 0.3) is 5.56 Å². The van der Waals surface area contributed by atoms with Crippen molar-refractivity contribution in [3.8, 4) is 5.69 Å². The van der Waals surface area contributed by atoms with Crippen molar-refractivity contribution in [3.63, 3.8) is 0 Å². The summed E-state index contributed by atoms with van der Waals surface area (Å²) in [6, 6.07) is 6.32. The molecule has 0 aliphatic carbocycles. The predicted octanol–water partition coefficient (Wildman–Crippen LogP) is 2.60. The van der Waals surface area contributed by atoms with Crippen molar-refractivity contribution >= 4 is 16.9 Å². The van der Waals surface area contributed by atoms with Crippen LogP contribution in [0.25, 0.3) is 16.7 Å². The van der Waals surface area contributed by atoms with E-state index in [0.717, 1.165) is 42.6 Å². The first-order valence-electron chi connectivity index (χ1n) is 9.75. The van der Waals surface area contributed by atoms with Gasteiger partial charge >= 0.3 is 0 Å². The van der Waals surface area contributed by atoms with E-state index < -0.39 is 0 Å². The zero-order chi connectivity index (χ0) is 19.8. The third-order valence-corrected chi connectivity index (χ3v) is 5.43. The largest absolute Gasteiger partial charge is 0.338 e. The zero-order valence-corrected chi connectivity index (χ0v) is 16.6. The standard InChI is InChI=1S/C21H25N5O2/c1-14-8-15(2)10-17(9-14)26-20-18(11-23-26)21(28)24(13-22-20)12-19(27)25-7-5-4-6-16(25)3/h8-11,13,16H,4-7,12H2,1-3H3/t16-/m1/s1. The van der Waals surface area contributed by atoms with E-state index in [9.17, 15) is 9.59 Å². The summed E-state index contributed by atoms with van der Waals surface area (Å²) in [5.41, 5.74) is 3.38. The Morgan fingerprint density at radius 3 is 2.64 bits per heavy atom. The van der Waals surface area contributed by atoms with E-state index in [2.05, 4.69) is 23.1 Å². The van der Waals surface area contributed by atoms with Crippen LogP contribution >= 0.6 is 0 Å². The molecule has 4 rings (SSSR count). The number of rotatable bonds is 3. The molecule has 3 aromatic rings. The number of fused-ring (bicyclic) bond motifs is 1. The molecule has 1 aliphatic heterocycles. The van der Waals surface area contributed by atoms with Gasteiger partial charge in [-0.3, -0.25) is 14.2 Å². The van der Waals surface area contributed by atoms with Crippen molar-refractivity contribution in [1.82, 2.24) is 24.2 Å². The van der Waals surface area contributed by atoms with Gasteiger partial charge in [0.1, 0.15) is 18.3 Å². The molecule has 0 radical (unpaired) electrons. The van der Waals surface area contributed by atoms with Crippen molar-refractivity contribution in [2.45, 2.75) is 52.6 Å². The van der Waals surface area contributed by atoms with Crippen LogP contribution in [0.2, 0.25) is 0 Å². The average Bonchev–Trinajstić information content (AvgIpc) is 3.08. The fourth-order valence-corrected chi connectivity index (χ4v) is 4.03. The van der Waals surface area contributed by atoms with Gasteiger partial charge in [0.15, 0.2) is 5.65 Å². The molecule has 2 aromatic heterocycles. The average molecular weight is 379 g/mol. The van der Waals surface area contributed by atoms with Crippen molar-refractivity contribution in [3.05, 3.63) is 52.2 Å². The Kier molecular flexibility index (Phi) is 4.75. The topological polar surface area (TPSA) is 73.0 Å². The van der Waals surface area contributed by atoms with Crippen LogP contribution in [0.5, 0.6) is 0 Å². The Balaban J connectivity index is 1.67. The van der Waals surface area contributed by atoms with E-state index in [1.54, 1.807) is 4.68 Å². The second-order valence-electron chi connectivity index (χ2n) is 7.75. The van der Waals surface area contributed by atoms with Gasteiger partial charge in [0.2, 0.25) is 5.91 Å². The molecule has 1 saturated heterocycles. The maximum atomic E-state index is 12.9. The van der Waals surface area contributed by atoms with E-state index in [0.29, 0.717) is 11.0 Å². The van der Waals surface area contributed by atoms with Crippen LogP contribution in [0.4, 0.5) is 0 Å². The third kappa shape index (κ3) is 3.32. The van der Waals surface area contributed by atoms with Gasteiger partial charge in [-0.2, -0.15) is 5.10 Å². The minimum Gasteiger partial charge on any atom is -0.338 e.